The zero-order valence-corrected chi connectivity index (χ0v) is 17.2. The molecule has 0 aliphatic rings. The number of hydrogen-bond donors (Lipinski definition) is 2. The molecule has 0 aliphatic heterocycles. The molecule has 9 heteroatoms. The third-order valence-corrected chi connectivity index (χ3v) is 4.98. The highest BCUT2D eigenvalue weighted by Crippen LogP contribution is 2.28. The summed E-state index contributed by atoms with van der Waals surface area (Å²) >= 11 is 1.51. The van der Waals surface area contributed by atoms with E-state index in [0.717, 1.165) is 32.3 Å². The Labute approximate surface area is 167 Å². The molecule has 4 rings (SSSR count). The summed E-state index contributed by atoms with van der Waals surface area (Å²) in [7, 11) is 3.18. The first-order valence-electron chi connectivity index (χ1n) is 8.98. The van der Waals surface area contributed by atoms with Crippen LogP contribution in [0.3, 0.4) is 0 Å². The maximum atomic E-state index is 5.75. The number of aromatic nitrogens is 4. The van der Waals surface area contributed by atoms with Crippen LogP contribution in [0.4, 0.5) is 11.6 Å². The predicted molar refractivity (Wildman–Crippen MR) is 114 cm³/mol. The molecule has 8 nitrogen and oxygen atoms in total. The van der Waals surface area contributed by atoms with Gasteiger partial charge in [-0.25, -0.2) is 15.0 Å². The van der Waals surface area contributed by atoms with Gasteiger partial charge in [0.15, 0.2) is 11.3 Å². The van der Waals surface area contributed by atoms with E-state index in [1.165, 1.54) is 11.3 Å². The molecule has 0 bridgehead atoms. The van der Waals surface area contributed by atoms with Gasteiger partial charge >= 0.3 is 0 Å². The molecule has 0 saturated carbocycles. The average Bonchev–Trinajstić information content (AvgIpc) is 3.28. The van der Waals surface area contributed by atoms with Crippen LogP contribution in [0.5, 0.6) is 0 Å². The Kier molecular flexibility index (Phi) is 6.40. The van der Waals surface area contributed by atoms with Gasteiger partial charge in [0.2, 0.25) is 5.95 Å². The Balaban J connectivity index is 0.00000109. The molecular weight excluding hydrogens is 376 g/mol. The van der Waals surface area contributed by atoms with Crippen molar-refractivity contribution in [3.8, 4) is 11.3 Å². The van der Waals surface area contributed by atoms with Gasteiger partial charge in [-0.1, -0.05) is 37.3 Å². The van der Waals surface area contributed by atoms with E-state index in [2.05, 4.69) is 15.3 Å². The first kappa shape index (κ1) is 20.0. The molecule has 28 heavy (non-hydrogen) atoms. The lowest BCUT2D eigenvalue weighted by atomic mass is 10.1. The number of thiazole rings is 1. The quantitative estimate of drug-likeness (QED) is 0.376. The van der Waals surface area contributed by atoms with Crippen LogP contribution in [-0.2, 0) is 9.47 Å². The molecule has 0 spiro atoms. The molecule has 3 heterocycles. The van der Waals surface area contributed by atoms with Crippen LogP contribution in [0, 0.1) is 0 Å². The fourth-order valence-electron chi connectivity index (χ4n) is 2.61. The van der Waals surface area contributed by atoms with Gasteiger partial charge in [-0.3, -0.25) is 4.40 Å². The van der Waals surface area contributed by atoms with Crippen molar-refractivity contribution in [1.82, 2.24) is 19.4 Å². The Bertz CT molecular complexity index is 1040. The van der Waals surface area contributed by atoms with Gasteiger partial charge in [0.05, 0.1) is 18.4 Å². The minimum atomic E-state index is -0.350. The van der Waals surface area contributed by atoms with Crippen LogP contribution in [0.2, 0.25) is 0 Å². The second-order valence-electron chi connectivity index (χ2n) is 5.67. The molecule has 3 N–H and O–H groups in total. The molecule has 0 unspecified atom stereocenters. The molecular formula is C19H24N6O2S. The number of fused-ring (bicyclic) bond motifs is 3. The number of nitrogens with zero attached hydrogens (tertiary/aromatic N) is 4. The van der Waals surface area contributed by atoms with Gasteiger partial charge in [-0.05, 0) is 12.1 Å². The lowest BCUT2D eigenvalue weighted by Crippen LogP contribution is -2.24. The SMILES string of the molecule is CC.COC(CNc1ncc2c(n1)sc1nc(-c3ccc(N)cc3)cn12)OC. The second kappa shape index (κ2) is 8.96. The van der Waals surface area contributed by atoms with Crippen molar-refractivity contribution in [1.29, 1.82) is 0 Å². The van der Waals surface area contributed by atoms with Crippen LogP contribution in [0.15, 0.2) is 36.7 Å². The van der Waals surface area contributed by atoms with E-state index in [4.69, 9.17) is 20.2 Å². The summed E-state index contributed by atoms with van der Waals surface area (Å²) in [4.78, 5) is 15.3. The summed E-state index contributed by atoms with van der Waals surface area (Å²) in [5, 5.41) is 3.11. The van der Waals surface area contributed by atoms with Crippen LogP contribution < -0.4 is 11.1 Å². The van der Waals surface area contributed by atoms with Gasteiger partial charge in [0.25, 0.3) is 0 Å². The summed E-state index contributed by atoms with van der Waals surface area (Å²) in [5.41, 5.74) is 9.31. The highest BCUT2D eigenvalue weighted by atomic mass is 32.1. The Morgan fingerprint density at radius 1 is 1.14 bits per heavy atom. The van der Waals surface area contributed by atoms with E-state index in [1.807, 2.05) is 48.7 Å². The second-order valence-corrected chi connectivity index (χ2v) is 6.62. The van der Waals surface area contributed by atoms with E-state index in [1.54, 1.807) is 20.4 Å². The Morgan fingerprint density at radius 2 is 1.86 bits per heavy atom. The van der Waals surface area contributed by atoms with Crippen molar-refractivity contribution >= 4 is 38.3 Å². The van der Waals surface area contributed by atoms with Gasteiger partial charge in [0.1, 0.15) is 10.3 Å². The number of imidazole rings is 1. The molecule has 0 aliphatic carbocycles. The number of hydrogen-bond acceptors (Lipinski definition) is 8. The highest BCUT2D eigenvalue weighted by molar-refractivity contribution is 7.23. The fourth-order valence-corrected chi connectivity index (χ4v) is 3.56. The summed E-state index contributed by atoms with van der Waals surface area (Å²) in [6, 6.07) is 7.67. The van der Waals surface area contributed by atoms with Crippen LogP contribution in [-0.4, -0.2) is 46.4 Å². The van der Waals surface area contributed by atoms with Crippen molar-refractivity contribution in [3.63, 3.8) is 0 Å². The summed E-state index contributed by atoms with van der Waals surface area (Å²) in [5.74, 6) is 0.528. The largest absolute Gasteiger partial charge is 0.399 e. The molecule has 0 atom stereocenters. The monoisotopic (exact) mass is 400 g/mol. The zero-order valence-electron chi connectivity index (χ0n) is 16.3. The molecule has 0 amide bonds. The number of nitrogens with one attached hydrogen (secondary N) is 1. The first-order valence-corrected chi connectivity index (χ1v) is 9.79. The number of nitrogen functional groups attached to an aromatic ring is 1. The molecule has 3 aromatic heterocycles. The Hall–Kier alpha value is -2.75. The highest BCUT2D eigenvalue weighted by Gasteiger charge is 2.13. The maximum Gasteiger partial charge on any atom is 0.224 e. The van der Waals surface area contributed by atoms with Gasteiger partial charge < -0.3 is 20.5 Å². The minimum absolute atomic E-state index is 0.350. The third kappa shape index (κ3) is 4.06. The van der Waals surface area contributed by atoms with Crippen LogP contribution in [0.1, 0.15) is 13.8 Å². The number of rotatable bonds is 6. The van der Waals surface area contributed by atoms with Crippen molar-refractivity contribution in [2.45, 2.75) is 20.1 Å². The van der Waals surface area contributed by atoms with E-state index in [-0.39, 0.29) is 6.29 Å². The van der Waals surface area contributed by atoms with Gasteiger partial charge in [-0.15, -0.1) is 0 Å². The van der Waals surface area contributed by atoms with Crippen LogP contribution in [0.25, 0.3) is 26.6 Å². The van der Waals surface area contributed by atoms with Gasteiger partial charge in [0, 0.05) is 31.7 Å². The van der Waals surface area contributed by atoms with Crippen molar-refractivity contribution < 1.29 is 9.47 Å². The number of methoxy groups -OCH3 is 2. The van der Waals surface area contributed by atoms with Crippen molar-refractivity contribution in [3.05, 3.63) is 36.7 Å². The number of benzene rings is 1. The van der Waals surface area contributed by atoms with E-state index in [9.17, 15) is 0 Å². The van der Waals surface area contributed by atoms with E-state index in [0.29, 0.717) is 12.5 Å². The normalized spacial score (nSPS) is 11.0. The number of nitrogens with two attached hydrogens (primary N) is 1. The molecule has 0 fully saturated rings. The molecule has 1 aromatic carbocycles. The summed E-state index contributed by atoms with van der Waals surface area (Å²) in [6.07, 6.45) is 3.43. The van der Waals surface area contributed by atoms with Crippen LogP contribution >= 0.6 is 11.3 Å². The summed E-state index contributed by atoms with van der Waals surface area (Å²) < 4.78 is 12.3. The fraction of sp³-hybridized carbons (Fsp3) is 0.316. The zero-order chi connectivity index (χ0) is 20.1. The third-order valence-electron chi connectivity index (χ3n) is 4.02. The average molecular weight is 401 g/mol. The van der Waals surface area contributed by atoms with E-state index < -0.39 is 0 Å². The maximum absolute atomic E-state index is 5.75. The number of ether oxygens (including phenoxy) is 2. The smallest absolute Gasteiger partial charge is 0.224 e. The number of anilines is 2. The molecule has 4 aromatic rings. The Morgan fingerprint density at radius 3 is 2.54 bits per heavy atom. The molecule has 0 saturated heterocycles. The lowest BCUT2D eigenvalue weighted by Gasteiger charge is -2.13. The topological polar surface area (TPSA) is 99.6 Å². The minimum Gasteiger partial charge on any atom is -0.399 e. The molecule has 148 valence electrons. The lowest BCUT2D eigenvalue weighted by molar-refractivity contribution is -0.0914. The van der Waals surface area contributed by atoms with Crippen molar-refractivity contribution in [2.24, 2.45) is 0 Å². The van der Waals surface area contributed by atoms with Gasteiger partial charge in [-0.2, -0.15) is 0 Å². The standard InChI is InChI=1S/C17H18N6O2S.C2H6/c1-24-14(25-2)8-20-16-19-7-13-15(22-16)26-17-21-12(9-23(13)17)10-3-5-11(18)6-4-10;1-2/h3-7,9,14H,8,18H2,1-2H3,(H,19,20,22);1-2H3. The predicted octanol–water partition coefficient (Wildman–Crippen LogP) is 3.65. The van der Waals surface area contributed by atoms with Crippen molar-refractivity contribution in [2.75, 3.05) is 31.8 Å². The molecule has 0 radical (unpaired) electrons. The first-order chi connectivity index (χ1) is 13.7. The van der Waals surface area contributed by atoms with E-state index >= 15 is 0 Å². The summed E-state index contributed by atoms with van der Waals surface area (Å²) in [6.45, 7) is 4.46.